The Morgan fingerprint density at radius 2 is 1.83 bits per heavy atom. The molecule has 1 aliphatic heterocycles. The van der Waals surface area contributed by atoms with Crippen LogP contribution in [0.1, 0.15) is 13.8 Å². The number of carbonyl (C=O) groups is 1. The van der Waals surface area contributed by atoms with Crippen LogP contribution in [-0.2, 0) is 0 Å². The molecule has 0 saturated heterocycles. The van der Waals surface area contributed by atoms with Crippen molar-refractivity contribution in [3.63, 3.8) is 0 Å². The minimum Gasteiger partial charge on any atom is -0.304 e. The first kappa shape index (κ1) is 10.8. The predicted octanol–water partition coefficient (Wildman–Crippen LogP) is 2.04. The molecule has 0 N–H and O–H groups in total. The number of hydrogen-bond acceptors (Lipinski definition) is 1. The molecule has 0 fully saturated rings. The standard InChI is InChI=1S/C7H10N2O.C2H6/c1-6-4-5-8(2)7(10)9(6)3;1-2/h4-5H,1H2,2-3H3;1-2H3. The molecule has 0 aromatic carbocycles. The number of carbonyl (C=O) groups excluding carboxylic acids is 1. The largest absolute Gasteiger partial charge is 0.327 e. The second-order valence-electron chi connectivity index (χ2n) is 2.26. The van der Waals surface area contributed by atoms with Gasteiger partial charge in [-0.1, -0.05) is 20.4 Å². The number of urea groups is 1. The van der Waals surface area contributed by atoms with E-state index >= 15 is 0 Å². The van der Waals surface area contributed by atoms with Crippen LogP contribution in [0.25, 0.3) is 0 Å². The van der Waals surface area contributed by atoms with Crippen LogP contribution in [0.2, 0.25) is 0 Å². The van der Waals surface area contributed by atoms with Crippen LogP contribution >= 0.6 is 0 Å². The van der Waals surface area contributed by atoms with Crippen LogP contribution in [0.4, 0.5) is 4.79 Å². The Morgan fingerprint density at radius 3 is 2.25 bits per heavy atom. The zero-order chi connectivity index (χ0) is 9.72. The number of hydrogen-bond donors (Lipinski definition) is 0. The van der Waals surface area contributed by atoms with Crippen molar-refractivity contribution in [2.24, 2.45) is 0 Å². The van der Waals surface area contributed by atoms with E-state index in [1.807, 2.05) is 13.8 Å². The highest BCUT2D eigenvalue weighted by Gasteiger charge is 2.16. The van der Waals surface area contributed by atoms with Gasteiger partial charge in [0.25, 0.3) is 0 Å². The SMILES string of the molecule is C=C1C=CN(C)C(=O)N1C.CC. The Labute approximate surface area is 74.0 Å². The second-order valence-corrected chi connectivity index (χ2v) is 2.26. The molecule has 0 saturated carbocycles. The quantitative estimate of drug-likeness (QED) is 0.543. The van der Waals surface area contributed by atoms with Crippen LogP contribution in [0.15, 0.2) is 24.6 Å². The summed E-state index contributed by atoms with van der Waals surface area (Å²) in [6.45, 7) is 7.67. The summed E-state index contributed by atoms with van der Waals surface area (Å²) in [6.07, 6.45) is 3.49. The zero-order valence-corrected chi connectivity index (χ0v) is 8.16. The van der Waals surface area contributed by atoms with Crippen molar-refractivity contribution in [3.8, 4) is 0 Å². The van der Waals surface area contributed by atoms with Gasteiger partial charge in [-0.05, 0) is 6.08 Å². The van der Waals surface area contributed by atoms with Gasteiger partial charge in [-0.2, -0.15) is 0 Å². The highest BCUT2D eigenvalue weighted by atomic mass is 16.2. The molecule has 0 unspecified atom stereocenters. The van der Waals surface area contributed by atoms with Crippen LogP contribution in [-0.4, -0.2) is 29.9 Å². The van der Waals surface area contributed by atoms with Gasteiger partial charge in [-0.3, -0.25) is 4.90 Å². The predicted molar refractivity (Wildman–Crippen MR) is 50.6 cm³/mol. The van der Waals surface area contributed by atoms with E-state index < -0.39 is 0 Å². The van der Waals surface area contributed by atoms with Crippen molar-refractivity contribution in [2.75, 3.05) is 14.1 Å². The molecule has 0 radical (unpaired) electrons. The van der Waals surface area contributed by atoms with Crippen LogP contribution in [0.5, 0.6) is 0 Å². The maximum atomic E-state index is 11.1. The number of likely N-dealkylation sites (N-methyl/N-ethyl adjacent to an activating group) is 1. The first-order valence-electron chi connectivity index (χ1n) is 4.00. The minimum atomic E-state index is -0.0486. The van der Waals surface area contributed by atoms with Crippen LogP contribution < -0.4 is 0 Å². The fraction of sp³-hybridized carbons (Fsp3) is 0.444. The molecule has 0 aromatic heterocycles. The van der Waals surface area contributed by atoms with Gasteiger partial charge in [0.15, 0.2) is 0 Å². The highest BCUT2D eigenvalue weighted by Crippen LogP contribution is 2.10. The van der Waals surface area contributed by atoms with Gasteiger partial charge in [0.05, 0.1) is 0 Å². The summed E-state index contributed by atoms with van der Waals surface area (Å²) in [7, 11) is 3.41. The van der Waals surface area contributed by atoms with Crippen molar-refractivity contribution >= 4 is 6.03 Å². The third-order valence-electron chi connectivity index (χ3n) is 1.51. The molecule has 1 aliphatic rings. The maximum Gasteiger partial charge on any atom is 0.327 e. The van der Waals surface area contributed by atoms with E-state index in [1.54, 1.807) is 26.4 Å². The van der Waals surface area contributed by atoms with Crippen molar-refractivity contribution in [1.82, 2.24) is 9.80 Å². The molecular formula is C9H16N2O. The molecule has 12 heavy (non-hydrogen) atoms. The van der Waals surface area contributed by atoms with Gasteiger partial charge in [0.1, 0.15) is 0 Å². The van der Waals surface area contributed by atoms with E-state index in [4.69, 9.17) is 0 Å². The summed E-state index contributed by atoms with van der Waals surface area (Å²) in [4.78, 5) is 14.1. The molecule has 0 aliphatic carbocycles. The molecule has 3 nitrogen and oxygen atoms in total. The summed E-state index contributed by atoms with van der Waals surface area (Å²) >= 11 is 0. The summed E-state index contributed by atoms with van der Waals surface area (Å²) in [5.41, 5.74) is 0.725. The third kappa shape index (κ3) is 2.12. The second kappa shape index (κ2) is 4.59. The Bertz CT molecular complexity index is 209. The number of rotatable bonds is 0. The number of nitrogens with zero attached hydrogens (tertiary/aromatic N) is 2. The maximum absolute atomic E-state index is 11.1. The molecule has 0 aromatic rings. The van der Waals surface area contributed by atoms with Gasteiger partial charge in [-0.25, -0.2) is 4.79 Å². The van der Waals surface area contributed by atoms with E-state index in [9.17, 15) is 4.79 Å². The normalized spacial score (nSPS) is 16.0. The highest BCUT2D eigenvalue weighted by molar-refractivity contribution is 5.78. The van der Waals surface area contributed by atoms with Gasteiger partial charge in [0, 0.05) is 26.0 Å². The van der Waals surface area contributed by atoms with E-state index in [0.29, 0.717) is 0 Å². The Kier molecular flexibility index (Phi) is 4.11. The Morgan fingerprint density at radius 1 is 1.33 bits per heavy atom. The molecule has 0 spiro atoms. The van der Waals surface area contributed by atoms with Crippen molar-refractivity contribution in [1.29, 1.82) is 0 Å². The lowest BCUT2D eigenvalue weighted by Crippen LogP contribution is -2.37. The molecule has 1 heterocycles. The lowest BCUT2D eigenvalue weighted by molar-refractivity contribution is 0.196. The summed E-state index contributed by atoms with van der Waals surface area (Å²) in [5.74, 6) is 0. The first-order valence-corrected chi connectivity index (χ1v) is 4.00. The Hall–Kier alpha value is -1.25. The summed E-state index contributed by atoms with van der Waals surface area (Å²) in [6, 6.07) is -0.0486. The molecule has 0 atom stereocenters. The summed E-state index contributed by atoms with van der Waals surface area (Å²) < 4.78 is 0. The van der Waals surface area contributed by atoms with Gasteiger partial charge >= 0.3 is 6.03 Å². The Balaban J connectivity index is 0.000000561. The fourth-order valence-electron chi connectivity index (χ4n) is 0.733. The van der Waals surface area contributed by atoms with Crippen molar-refractivity contribution in [2.45, 2.75) is 13.8 Å². The van der Waals surface area contributed by atoms with E-state index in [0.717, 1.165) is 5.70 Å². The van der Waals surface area contributed by atoms with Gasteiger partial charge in [0.2, 0.25) is 0 Å². The van der Waals surface area contributed by atoms with Crippen molar-refractivity contribution in [3.05, 3.63) is 24.6 Å². The molecule has 1 rings (SSSR count). The van der Waals surface area contributed by atoms with Crippen molar-refractivity contribution < 1.29 is 4.79 Å². The van der Waals surface area contributed by atoms with Crippen LogP contribution in [0.3, 0.4) is 0 Å². The van der Waals surface area contributed by atoms with Gasteiger partial charge < -0.3 is 4.90 Å². The molecule has 0 bridgehead atoms. The molecule has 2 amide bonds. The smallest absolute Gasteiger partial charge is 0.304 e. The van der Waals surface area contributed by atoms with E-state index in [2.05, 4.69) is 6.58 Å². The first-order chi connectivity index (χ1) is 5.63. The minimum absolute atomic E-state index is 0.0486. The summed E-state index contributed by atoms with van der Waals surface area (Å²) in [5, 5.41) is 0. The monoisotopic (exact) mass is 168 g/mol. The zero-order valence-electron chi connectivity index (χ0n) is 8.16. The van der Waals surface area contributed by atoms with E-state index in [1.165, 1.54) is 9.80 Å². The average Bonchev–Trinajstić information content (AvgIpc) is 2.12. The lowest BCUT2D eigenvalue weighted by atomic mass is 10.3. The average molecular weight is 168 g/mol. The third-order valence-corrected chi connectivity index (χ3v) is 1.51. The number of amides is 2. The van der Waals surface area contributed by atoms with E-state index in [-0.39, 0.29) is 6.03 Å². The topological polar surface area (TPSA) is 23.6 Å². The fourth-order valence-corrected chi connectivity index (χ4v) is 0.733. The molecular weight excluding hydrogens is 152 g/mol. The molecule has 3 heteroatoms. The molecule has 68 valence electrons. The van der Waals surface area contributed by atoms with Gasteiger partial charge in [-0.15, -0.1) is 0 Å². The lowest BCUT2D eigenvalue weighted by Gasteiger charge is -2.26. The number of allylic oxidation sites excluding steroid dienone is 1. The van der Waals surface area contributed by atoms with Crippen LogP contribution in [0, 0.1) is 0 Å².